The van der Waals surface area contributed by atoms with Gasteiger partial charge in [-0.2, -0.15) is 10.5 Å². The van der Waals surface area contributed by atoms with E-state index in [4.69, 9.17) is 23.2 Å². The van der Waals surface area contributed by atoms with E-state index in [0.717, 1.165) is 24.1 Å². The van der Waals surface area contributed by atoms with Crippen molar-refractivity contribution >= 4 is 59.0 Å². The Balaban J connectivity index is 1.49. The van der Waals surface area contributed by atoms with Crippen LogP contribution in [-0.2, 0) is 5.44 Å². The number of benzene rings is 3. The minimum Gasteiger partial charge on any atom is -0.378 e. The zero-order chi connectivity index (χ0) is 27.9. The fraction of sp³-hybridized carbons (Fsp3) is 0.138. The summed E-state index contributed by atoms with van der Waals surface area (Å²) in [5.41, 5.74) is 4.08. The molecule has 194 valence electrons. The zero-order valence-corrected chi connectivity index (χ0v) is 22.9. The van der Waals surface area contributed by atoms with E-state index >= 15 is 0 Å². The maximum absolute atomic E-state index is 9.89. The SMILES string of the molecule is BC(Nc1cc(Cl)c2ncc(C#N)c(Nc3cccc(Cl)c3)c2c1)(c1cccc(C#N)c1)c1cn(C2CC2)nn1. The molecule has 2 aromatic heterocycles. The molecule has 11 heteroatoms. The maximum atomic E-state index is 9.89. The number of pyridine rings is 1. The molecule has 0 amide bonds. The Bertz CT molecular complexity index is 1850. The minimum absolute atomic E-state index is 0.359. The van der Waals surface area contributed by atoms with E-state index in [2.05, 4.69) is 38.1 Å². The highest BCUT2D eigenvalue weighted by atomic mass is 35.5. The highest BCUT2D eigenvalue weighted by molar-refractivity contribution is 6.36. The molecule has 1 atom stereocenters. The summed E-state index contributed by atoms with van der Waals surface area (Å²) in [5, 5.41) is 36.9. The third-order valence-corrected chi connectivity index (χ3v) is 7.57. The van der Waals surface area contributed by atoms with Crippen molar-refractivity contribution in [3.8, 4) is 12.1 Å². The van der Waals surface area contributed by atoms with Crippen molar-refractivity contribution in [2.75, 3.05) is 10.6 Å². The third-order valence-electron chi connectivity index (χ3n) is 7.05. The molecule has 6 rings (SSSR count). The second-order valence-corrected chi connectivity index (χ2v) is 10.7. The first-order chi connectivity index (χ1) is 19.4. The van der Waals surface area contributed by atoms with Crippen LogP contribution in [0.5, 0.6) is 0 Å². The highest BCUT2D eigenvalue weighted by Gasteiger charge is 2.34. The molecule has 1 saturated carbocycles. The number of fused-ring (bicyclic) bond motifs is 1. The third kappa shape index (κ3) is 4.82. The Morgan fingerprint density at radius 2 is 1.82 bits per heavy atom. The Morgan fingerprint density at radius 1 is 1.00 bits per heavy atom. The summed E-state index contributed by atoms with van der Waals surface area (Å²) < 4.78 is 1.90. The summed E-state index contributed by atoms with van der Waals surface area (Å²) in [6.07, 6.45) is 5.61. The summed E-state index contributed by atoms with van der Waals surface area (Å²) in [6, 6.07) is 23.2. The first kappa shape index (κ1) is 25.7. The van der Waals surface area contributed by atoms with E-state index in [1.54, 1.807) is 24.3 Å². The minimum atomic E-state index is -0.863. The van der Waals surface area contributed by atoms with Crippen LogP contribution in [0.15, 0.2) is 73.1 Å². The molecule has 1 aliphatic carbocycles. The Morgan fingerprint density at radius 3 is 2.58 bits per heavy atom. The van der Waals surface area contributed by atoms with Gasteiger partial charge in [0.1, 0.15) is 19.6 Å². The largest absolute Gasteiger partial charge is 0.378 e. The molecule has 1 aliphatic rings. The number of halogens is 2. The summed E-state index contributed by atoms with van der Waals surface area (Å²) >= 11 is 13.0. The standard InChI is InChI=1S/C29H21BCl2N8/c30-29(19-4-1-3-17(9-19)13-33,26-16-40(39-38-26)23-7-8-23)37-22-11-24-27(36-21-6-2-5-20(31)10-21)18(14-34)15-35-28(24)25(32)12-22/h1-6,9-12,15-16,23,37H,7-8,30H2,(H,35,36). The molecule has 2 N–H and O–H groups in total. The van der Waals surface area contributed by atoms with Crippen molar-refractivity contribution in [3.05, 3.63) is 105 Å². The van der Waals surface area contributed by atoms with Crippen LogP contribution in [-0.4, -0.2) is 27.8 Å². The lowest BCUT2D eigenvalue weighted by Crippen LogP contribution is -2.38. The van der Waals surface area contributed by atoms with Crippen LogP contribution < -0.4 is 10.6 Å². The highest BCUT2D eigenvalue weighted by Crippen LogP contribution is 2.39. The number of hydrogen-bond acceptors (Lipinski definition) is 7. The van der Waals surface area contributed by atoms with E-state index in [9.17, 15) is 10.5 Å². The number of anilines is 3. The molecule has 0 saturated heterocycles. The summed E-state index contributed by atoms with van der Waals surface area (Å²) in [6.45, 7) is 0. The van der Waals surface area contributed by atoms with Crippen molar-refractivity contribution < 1.29 is 0 Å². The quantitative estimate of drug-likeness (QED) is 0.237. The number of nitriles is 2. The molecule has 2 heterocycles. The van der Waals surface area contributed by atoms with Gasteiger partial charge in [0.2, 0.25) is 0 Å². The van der Waals surface area contributed by atoms with Gasteiger partial charge in [0.25, 0.3) is 0 Å². The number of nitrogens with one attached hydrogen (secondary N) is 2. The summed E-state index contributed by atoms with van der Waals surface area (Å²) in [7, 11) is 2.00. The molecule has 1 unspecified atom stereocenters. The Labute approximate surface area is 241 Å². The van der Waals surface area contributed by atoms with Gasteiger partial charge < -0.3 is 10.6 Å². The van der Waals surface area contributed by atoms with Crippen LogP contribution in [0.1, 0.15) is 41.3 Å². The first-order valence-electron chi connectivity index (χ1n) is 12.6. The van der Waals surface area contributed by atoms with Gasteiger partial charge in [-0.15, -0.1) is 5.10 Å². The van der Waals surface area contributed by atoms with E-state index in [0.29, 0.717) is 55.2 Å². The van der Waals surface area contributed by atoms with Crippen LogP contribution in [0, 0.1) is 22.7 Å². The van der Waals surface area contributed by atoms with Crippen molar-refractivity contribution in [2.24, 2.45) is 0 Å². The fourth-order valence-electron chi connectivity index (χ4n) is 4.76. The van der Waals surface area contributed by atoms with Crippen molar-refractivity contribution in [3.63, 3.8) is 0 Å². The average Bonchev–Trinajstić information content (AvgIpc) is 3.69. The molecule has 0 bridgehead atoms. The van der Waals surface area contributed by atoms with Gasteiger partial charge in [-0.05, 0) is 60.9 Å². The predicted molar refractivity (Wildman–Crippen MR) is 159 cm³/mol. The smallest absolute Gasteiger partial charge is 0.148 e. The normalized spacial score (nSPS) is 14.2. The van der Waals surface area contributed by atoms with Gasteiger partial charge in [0, 0.05) is 28.0 Å². The predicted octanol–water partition coefficient (Wildman–Crippen LogP) is 5.90. The number of aromatic nitrogens is 4. The van der Waals surface area contributed by atoms with Gasteiger partial charge in [0.05, 0.1) is 51.1 Å². The second kappa shape index (κ2) is 10.2. The average molecular weight is 563 g/mol. The Hall–Kier alpha value is -4.57. The van der Waals surface area contributed by atoms with Crippen LogP contribution in [0.2, 0.25) is 10.0 Å². The molecule has 5 aromatic rings. The lowest BCUT2D eigenvalue weighted by molar-refractivity contribution is 0.610. The van der Waals surface area contributed by atoms with Gasteiger partial charge in [0.15, 0.2) is 0 Å². The summed E-state index contributed by atoms with van der Waals surface area (Å²) in [4.78, 5) is 4.47. The Kier molecular flexibility index (Phi) is 6.55. The monoisotopic (exact) mass is 562 g/mol. The van der Waals surface area contributed by atoms with Crippen molar-refractivity contribution in [1.82, 2.24) is 20.0 Å². The lowest BCUT2D eigenvalue weighted by atomic mass is 9.69. The number of nitrogens with zero attached hydrogens (tertiary/aromatic N) is 6. The zero-order valence-electron chi connectivity index (χ0n) is 21.4. The molecule has 3 aromatic carbocycles. The van der Waals surface area contributed by atoms with E-state index in [1.165, 1.54) is 6.20 Å². The first-order valence-corrected chi connectivity index (χ1v) is 13.4. The molecule has 0 spiro atoms. The van der Waals surface area contributed by atoms with Crippen LogP contribution in [0.4, 0.5) is 17.1 Å². The van der Waals surface area contributed by atoms with Gasteiger partial charge in [-0.25, -0.2) is 4.68 Å². The number of hydrogen-bond donors (Lipinski definition) is 2. The molecule has 8 nitrogen and oxygen atoms in total. The van der Waals surface area contributed by atoms with E-state index in [-0.39, 0.29) is 0 Å². The fourth-order valence-corrected chi connectivity index (χ4v) is 5.22. The lowest BCUT2D eigenvalue weighted by Gasteiger charge is -2.31. The summed E-state index contributed by atoms with van der Waals surface area (Å²) in [5.74, 6) is 0. The molecule has 0 radical (unpaired) electrons. The molecular formula is C29H21BCl2N8. The van der Waals surface area contributed by atoms with Crippen LogP contribution in [0.3, 0.4) is 0 Å². The van der Waals surface area contributed by atoms with Crippen molar-refractivity contribution in [2.45, 2.75) is 24.3 Å². The van der Waals surface area contributed by atoms with E-state index < -0.39 is 5.44 Å². The number of rotatable bonds is 7. The molecule has 0 aliphatic heterocycles. The van der Waals surface area contributed by atoms with Crippen molar-refractivity contribution in [1.29, 1.82) is 10.5 Å². The van der Waals surface area contributed by atoms with E-state index in [1.807, 2.05) is 55.1 Å². The van der Waals surface area contributed by atoms with Gasteiger partial charge in [-0.1, -0.05) is 46.6 Å². The van der Waals surface area contributed by atoms with Gasteiger partial charge in [-0.3, -0.25) is 4.98 Å². The molecule has 40 heavy (non-hydrogen) atoms. The second-order valence-electron chi connectivity index (χ2n) is 9.91. The maximum Gasteiger partial charge on any atom is 0.148 e. The van der Waals surface area contributed by atoms with Gasteiger partial charge >= 0.3 is 0 Å². The van der Waals surface area contributed by atoms with Crippen LogP contribution >= 0.6 is 23.2 Å². The topological polar surface area (TPSA) is 115 Å². The van der Waals surface area contributed by atoms with Crippen LogP contribution in [0.25, 0.3) is 10.9 Å². The molecule has 1 fully saturated rings. The molecular weight excluding hydrogens is 542 g/mol.